The van der Waals surface area contributed by atoms with Crippen LogP contribution in [0.15, 0.2) is 30.3 Å². The molecule has 8 heteroatoms. The summed E-state index contributed by atoms with van der Waals surface area (Å²) >= 11 is 0. The molecule has 1 aliphatic rings. The molecule has 0 spiro atoms. The second kappa shape index (κ2) is 6.45. The van der Waals surface area contributed by atoms with Crippen molar-refractivity contribution in [1.29, 1.82) is 0 Å². The highest BCUT2D eigenvalue weighted by Crippen LogP contribution is 2.21. The third-order valence-electron chi connectivity index (χ3n) is 3.54. The van der Waals surface area contributed by atoms with Gasteiger partial charge in [-0.25, -0.2) is 4.72 Å². The smallest absolute Gasteiger partial charge is 0.303 e. The van der Waals surface area contributed by atoms with Gasteiger partial charge in [-0.2, -0.15) is 12.7 Å². The molecule has 1 N–H and O–H groups in total. The van der Waals surface area contributed by atoms with E-state index >= 15 is 0 Å². The van der Waals surface area contributed by atoms with E-state index in [9.17, 15) is 18.0 Å². The van der Waals surface area contributed by atoms with Crippen LogP contribution < -0.4 is 4.72 Å². The summed E-state index contributed by atoms with van der Waals surface area (Å²) in [6, 6.07) is 9.44. The fraction of sp³-hybridized carbons (Fsp3) is 0.429. The molecular formula is C14H19N3O4S. The average Bonchev–Trinajstić information content (AvgIpc) is 2.81. The van der Waals surface area contributed by atoms with Gasteiger partial charge in [0.1, 0.15) is 5.92 Å². The molecule has 1 heterocycles. The van der Waals surface area contributed by atoms with Crippen molar-refractivity contribution in [3.8, 4) is 0 Å². The molecule has 1 saturated heterocycles. The van der Waals surface area contributed by atoms with Crippen LogP contribution in [0.1, 0.15) is 12.0 Å². The van der Waals surface area contributed by atoms with Crippen molar-refractivity contribution in [3.05, 3.63) is 35.9 Å². The summed E-state index contributed by atoms with van der Waals surface area (Å²) in [6.45, 7) is 0.859. The zero-order chi connectivity index (χ0) is 16.3. The third-order valence-corrected chi connectivity index (χ3v) is 4.96. The van der Waals surface area contributed by atoms with Gasteiger partial charge in [-0.1, -0.05) is 30.3 Å². The molecule has 1 aromatic rings. The second-order valence-corrected chi connectivity index (χ2v) is 7.22. The lowest BCUT2D eigenvalue weighted by Crippen LogP contribution is -2.44. The van der Waals surface area contributed by atoms with Gasteiger partial charge in [-0.05, 0) is 12.0 Å². The third kappa shape index (κ3) is 3.63. The van der Waals surface area contributed by atoms with Crippen LogP contribution in [0.2, 0.25) is 0 Å². The first-order chi connectivity index (χ1) is 10.3. The summed E-state index contributed by atoms with van der Waals surface area (Å²) in [5.41, 5.74) is 0.970. The molecule has 7 nitrogen and oxygen atoms in total. The summed E-state index contributed by atoms with van der Waals surface area (Å²) in [5, 5.41) is 0. The lowest BCUT2D eigenvalue weighted by molar-refractivity contribution is -0.137. The Morgan fingerprint density at radius 2 is 1.95 bits per heavy atom. The van der Waals surface area contributed by atoms with Gasteiger partial charge in [0.15, 0.2) is 0 Å². The van der Waals surface area contributed by atoms with E-state index in [1.54, 1.807) is 4.90 Å². The Morgan fingerprint density at radius 3 is 2.55 bits per heavy atom. The number of amides is 2. The molecular weight excluding hydrogens is 306 g/mol. The van der Waals surface area contributed by atoms with Gasteiger partial charge in [0, 0.05) is 27.2 Å². The SMILES string of the molecule is CN(C)S(=O)(=O)NC(=O)C1CCN(Cc2ccccc2)C1=O. The number of hydrogen-bond donors (Lipinski definition) is 1. The maximum atomic E-state index is 12.3. The van der Waals surface area contributed by atoms with Gasteiger partial charge in [-0.3, -0.25) is 9.59 Å². The minimum atomic E-state index is -3.87. The van der Waals surface area contributed by atoms with Gasteiger partial charge in [0.05, 0.1) is 0 Å². The number of rotatable bonds is 5. The van der Waals surface area contributed by atoms with Crippen molar-refractivity contribution in [2.45, 2.75) is 13.0 Å². The lowest BCUT2D eigenvalue weighted by atomic mass is 10.1. The molecule has 0 aromatic heterocycles. The summed E-state index contributed by atoms with van der Waals surface area (Å²) in [4.78, 5) is 25.8. The highest BCUT2D eigenvalue weighted by molar-refractivity contribution is 7.87. The van der Waals surface area contributed by atoms with Crippen LogP contribution in [0.4, 0.5) is 0 Å². The summed E-state index contributed by atoms with van der Waals surface area (Å²) in [5.74, 6) is -2.05. The molecule has 1 aliphatic heterocycles. The molecule has 0 aliphatic carbocycles. The fourth-order valence-corrected chi connectivity index (χ4v) is 2.81. The van der Waals surface area contributed by atoms with Gasteiger partial charge in [0.2, 0.25) is 11.8 Å². The van der Waals surface area contributed by atoms with E-state index in [1.165, 1.54) is 14.1 Å². The van der Waals surface area contributed by atoms with E-state index in [2.05, 4.69) is 0 Å². The average molecular weight is 325 g/mol. The Balaban J connectivity index is 2.01. The monoisotopic (exact) mass is 325 g/mol. The summed E-state index contributed by atoms with van der Waals surface area (Å²) < 4.78 is 26.1. The molecule has 1 aromatic carbocycles. The number of likely N-dealkylation sites (tertiary alicyclic amines) is 1. The maximum absolute atomic E-state index is 12.3. The van der Waals surface area contributed by atoms with Crippen LogP contribution in [0.5, 0.6) is 0 Å². The Kier molecular flexibility index (Phi) is 4.82. The molecule has 1 unspecified atom stereocenters. The van der Waals surface area contributed by atoms with Crippen LogP contribution in [0, 0.1) is 5.92 Å². The number of nitrogens with zero attached hydrogens (tertiary/aromatic N) is 2. The second-order valence-electron chi connectivity index (χ2n) is 5.34. The molecule has 0 saturated carbocycles. The number of carbonyl (C=O) groups is 2. The minimum Gasteiger partial charge on any atom is -0.338 e. The first kappa shape index (κ1) is 16.4. The largest absolute Gasteiger partial charge is 0.338 e. The lowest BCUT2D eigenvalue weighted by Gasteiger charge is -2.17. The van der Waals surface area contributed by atoms with Crippen LogP contribution >= 0.6 is 0 Å². The Bertz CT molecular complexity index is 658. The zero-order valence-corrected chi connectivity index (χ0v) is 13.3. The van der Waals surface area contributed by atoms with Crippen LogP contribution in [-0.4, -0.2) is 50.1 Å². The highest BCUT2D eigenvalue weighted by Gasteiger charge is 2.38. The molecule has 22 heavy (non-hydrogen) atoms. The molecule has 1 atom stereocenters. The number of benzene rings is 1. The molecule has 0 radical (unpaired) electrons. The van der Waals surface area contributed by atoms with Crippen LogP contribution in [0.3, 0.4) is 0 Å². The minimum absolute atomic E-state index is 0.320. The molecule has 1 fully saturated rings. The Morgan fingerprint density at radius 1 is 1.32 bits per heavy atom. The first-order valence-corrected chi connectivity index (χ1v) is 8.32. The van der Waals surface area contributed by atoms with Crippen molar-refractivity contribution >= 4 is 22.0 Å². The van der Waals surface area contributed by atoms with Gasteiger partial charge in [-0.15, -0.1) is 0 Å². The topological polar surface area (TPSA) is 86.8 Å². The molecule has 120 valence electrons. The zero-order valence-electron chi connectivity index (χ0n) is 12.5. The van der Waals surface area contributed by atoms with Gasteiger partial charge < -0.3 is 4.90 Å². The van der Waals surface area contributed by atoms with E-state index < -0.39 is 22.0 Å². The summed E-state index contributed by atoms with van der Waals surface area (Å²) in [7, 11) is -1.25. The van der Waals surface area contributed by atoms with Crippen LogP contribution in [0.25, 0.3) is 0 Å². The maximum Gasteiger partial charge on any atom is 0.303 e. The van der Waals surface area contributed by atoms with Crippen molar-refractivity contribution in [2.75, 3.05) is 20.6 Å². The van der Waals surface area contributed by atoms with E-state index in [1.807, 2.05) is 35.1 Å². The van der Waals surface area contributed by atoms with Crippen LogP contribution in [-0.2, 0) is 26.3 Å². The van der Waals surface area contributed by atoms with E-state index in [4.69, 9.17) is 0 Å². The first-order valence-electron chi connectivity index (χ1n) is 6.88. The molecule has 2 rings (SSSR count). The predicted molar refractivity (Wildman–Crippen MR) is 80.7 cm³/mol. The normalized spacial score (nSPS) is 18.8. The van der Waals surface area contributed by atoms with E-state index in [0.29, 0.717) is 19.5 Å². The number of hydrogen-bond acceptors (Lipinski definition) is 4. The van der Waals surface area contributed by atoms with Gasteiger partial charge in [0.25, 0.3) is 0 Å². The van der Waals surface area contributed by atoms with Crippen molar-refractivity contribution in [2.24, 2.45) is 5.92 Å². The van der Waals surface area contributed by atoms with Crippen molar-refractivity contribution in [1.82, 2.24) is 13.9 Å². The Labute approximate surface area is 130 Å². The number of nitrogens with one attached hydrogen (secondary N) is 1. The van der Waals surface area contributed by atoms with Crippen molar-refractivity contribution in [3.63, 3.8) is 0 Å². The van der Waals surface area contributed by atoms with Gasteiger partial charge >= 0.3 is 10.2 Å². The Hall–Kier alpha value is -1.93. The van der Waals surface area contributed by atoms with E-state index in [0.717, 1.165) is 9.87 Å². The number of carbonyl (C=O) groups excluding carboxylic acids is 2. The highest BCUT2D eigenvalue weighted by atomic mass is 32.2. The quantitative estimate of drug-likeness (QED) is 0.770. The predicted octanol–water partition coefficient (Wildman–Crippen LogP) is -0.0423. The van der Waals surface area contributed by atoms with E-state index in [-0.39, 0.29) is 5.91 Å². The molecule has 2 amide bonds. The van der Waals surface area contributed by atoms with Crippen molar-refractivity contribution < 1.29 is 18.0 Å². The molecule has 0 bridgehead atoms. The summed E-state index contributed by atoms with van der Waals surface area (Å²) in [6.07, 6.45) is 0.320. The fourth-order valence-electron chi connectivity index (χ4n) is 2.23. The standard InChI is InChI=1S/C14H19N3O4S/c1-16(2)22(20,21)15-13(18)12-8-9-17(14(12)19)10-11-6-4-3-5-7-11/h3-7,12H,8-10H2,1-2H3,(H,15,18).